The number of carbonyl (C=O) groups is 5. The second kappa shape index (κ2) is 17.6. The summed E-state index contributed by atoms with van der Waals surface area (Å²) in [4.78, 5) is 79.0. The van der Waals surface area contributed by atoms with Crippen molar-refractivity contribution in [1.82, 2.24) is 35.9 Å². The number of ether oxygens (including phenoxy) is 1. The summed E-state index contributed by atoms with van der Waals surface area (Å²) in [5.74, 6) is -2.47. The quantitative estimate of drug-likeness (QED) is 0.221. The number of halogens is 1. The molecule has 7 rings (SSSR count). The fraction of sp³-hybridized carbons (Fsp3) is 0.477. The standard InChI is InChI=1S/C44H52FN7O7/c1-26(2)19-36-42(56)52(4)44(16-8-17-44)43(57)48-30(20-27-9-6-5-7-10-27)25-58-37-24-47-33-14-13-29(45)21-32(33)39(37)41(55)49-35(23-38(53)51(36)3)40(54)46-18-15-31-22-34(50-59-31)28-11-12-28/h5-7,9-10,13-14,21-22,24,26,28,30,35-36H,8,11-12,15-20,23,25H2,1-4H3,(H,46,54)(H,48,57)(H,49,55)/t30-,35+,36+/m1/s1. The second-order valence-corrected chi connectivity index (χ2v) is 16.5. The van der Waals surface area contributed by atoms with Gasteiger partial charge in [-0.3, -0.25) is 29.0 Å². The molecule has 0 radical (unpaired) electrons. The lowest BCUT2D eigenvalue weighted by molar-refractivity contribution is -0.158. The number of hydrogen-bond acceptors (Lipinski definition) is 9. The summed E-state index contributed by atoms with van der Waals surface area (Å²) in [5.41, 5.74) is 0.817. The summed E-state index contributed by atoms with van der Waals surface area (Å²) in [6.07, 6.45) is 5.49. The molecule has 1 aliphatic heterocycles. The van der Waals surface area contributed by atoms with Crippen LogP contribution in [0.5, 0.6) is 5.75 Å². The van der Waals surface area contributed by atoms with Crippen LogP contribution in [-0.2, 0) is 32.0 Å². The third-order valence-electron chi connectivity index (χ3n) is 11.8. The molecule has 2 saturated carbocycles. The van der Waals surface area contributed by atoms with Gasteiger partial charge in [-0.2, -0.15) is 0 Å². The molecular weight excluding hydrogens is 758 g/mol. The van der Waals surface area contributed by atoms with Gasteiger partial charge in [-0.25, -0.2) is 4.39 Å². The number of benzene rings is 2. The highest BCUT2D eigenvalue weighted by Gasteiger charge is 2.51. The zero-order valence-electron chi connectivity index (χ0n) is 34.0. The molecule has 1 spiro atoms. The van der Waals surface area contributed by atoms with Crippen LogP contribution in [0, 0.1) is 11.7 Å². The minimum Gasteiger partial charge on any atom is -0.489 e. The van der Waals surface area contributed by atoms with Crippen molar-refractivity contribution in [2.45, 2.75) is 101 Å². The second-order valence-electron chi connectivity index (χ2n) is 16.5. The molecule has 59 heavy (non-hydrogen) atoms. The molecule has 0 unspecified atom stereocenters. The van der Waals surface area contributed by atoms with Gasteiger partial charge in [0.05, 0.1) is 35.4 Å². The summed E-state index contributed by atoms with van der Waals surface area (Å²) in [6.45, 7) is 3.87. The zero-order chi connectivity index (χ0) is 41.8. The van der Waals surface area contributed by atoms with E-state index in [1.54, 1.807) is 7.05 Å². The molecule has 0 saturated heterocycles. The largest absolute Gasteiger partial charge is 0.489 e. The Morgan fingerprint density at radius 2 is 1.80 bits per heavy atom. The predicted octanol–water partition coefficient (Wildman–Crippen LogP) is 4.46. The van der Waals surface area contributed by atoms with Crippen molar-refractivity contribution in [3.05, 3.63) is 89.2 Å². The van der Waals surface area contributed by atoms with Crippen LogP contribution in [0.4, 0.5) is 4.39 Å². The van der Waals surface area contributed by atoms with Crippen LogP contribution in [0.1, 0.15) is 92.1 Å². The highest BCUT2D eigenvalue weighted by molar-refractivity contribution is 6.10. The summed E-state index contributed by atoms with van der Waals surface area (Å²) in [7, 11) is 3.11. The lowest BCUT2D eigenvalue weighted by Gasteiger charge is -2.49. The fourth-order valence-corrected chi connectivity index (χ4v) is 7.97. The summed E-state index contributed by atoms with van der Waals surface area (Å²) in [5, 5.41) is 13.0. The van der Waals surface area contributed by atoms with E-state index < -0.39 is 59.5 Å². The molecule has 3 aliphatic rings. The van der Waals surface area contributed by atoms with E-state index in [4.69, 9.17) is 9.26 Å². The number of fused-ring (bicyclic) bond motifs is 3. The van der Waals surface area contributed by atoms with Crippen molar-refractivity contribution in [3.63, 3.8) is 0 Å². The molecule has 3 heterocycles. The van der Waals surface area contributed by atoms with E-state index in [1.165, 1.54) is 35.2 Å². The van der Waals surface area contributed by atoms with E-state index in [1.807, 2.05) is 50.2 Å². The zero-order valence-corrected chi connectivity index (χ0v) is 34.0. The molecule has 3 N–H and O–H groups in total. The molecule has 2 aromatic heterocycles. The van der Waals surface area contributed by atoms with Crippen molar-refractivity contribution in [2.75, 3.05) is 27.2 Å². The molecule has 5 amide bonds. The SMILES string of the molecule is CC(C)C[C@H]1C(=O)N(C)C2(CCC2)C(=O)N[C@H](Cc2ccccc2)COc2cnc3ccc(F)cc3c2C(=O)N[C@H](C(=O)NCCc2cc(C3CC3)no2)CC(=O)N1C. The first-order chi connectivity index (χ1) is 28.3. The van der Waals surface area contributed by atoms with Gasteiger partial charge in [0.2, 0.25) is 23.6 Å². The number of rotatable bonds is 9. The fourth-order valence-electron chi connectivity index (χ4n) is 7.97. The Morgan fingerprint density at radius 1 is 1.03 bits per heavy atom. The molecular formula is C44H52FN7O7. The van der Waals surface area contributed by atoms with Crippen molar-refractivity contribution < 1.29 is 37.6 Å². The third-order valence-corrected chi connectivity index (χ3v) is 11.8. The number of aromatic nitrogens is 2. The van der Waals surface area contributed by atoms with Crippen LogP contribution in [0.3, 0.4) is 0 Å². The monoisotopic (exact) mass is 809 g/mol. The minimum atomic E-state index is -1.42. The number of hydrogen-bond donors (Lipinski definition) is 3. The van der Waals surface area contributed by atoms with E-state index in [0.717, 1.165) is 36.6 Å². The van der Waals surface area contributed by atoms with Gasteiger partial charge in [-0.05, 0) is 74.6 Å². The van der Waals surface area contributed by atoms with Gasteiger partial charge in [0.1, 0.15) is 35.8 Å². The van der Waals surface area contributed by atoms with E-state index in [2.05, 4.69) is 26.1 Å². The summed E-state index contributed by atoms with van der Waals surface area (Å²) in [6, 6.07) is 12.2. The molecule has 2 aliphatic carbocycles. The van der Waals surface area contributed by atoms with E-state index >= 15 is 0 Å². The summed E-state index contributed by atoms with van der Waals surface area (Å²) < 4.78 is 26.7. The molecule has 15 heteroatoms. The molecule has 3 atom stereocenters. The highest BCUT2D eigenvalue weighted by atomic mass is 19.1. The van der Waals surface area contributed by atoms with Gasteiger partial charge in [0, 0.05) is 44.4 Å². The smallest absolute Gasteiger partial charge is 0.256 e. The first-order valence-electron chi connectivity index (χ1n) is 20.5. The average Bonchev–Trinajstić information content (AvgIpc) is 3.94. The number of nitrogens with one attached hydrogen (secondary N) is 3. The van der Waals surface area contributed by atoms with Gasteiger partial charge < -0.3 is 35.0 Å². The maximum atomic E-state index is 14.9. The number of nitrogens with zero attached hydrogens (tertiary/aromatic N) is 4. The number of carbonyl (C=O) groups excluding carboxylic acids is 5. The Hall–Kier alpha value is -5.86. The van der Waals surface area contributed by atoms with E-state index in [0.29, 0.717) is 42.9 Å². The van der Waals surface area contributed by atoms with Crippen LogP contribution >= 0.6 is 0 Å². The van der Waals surface area contributed by atoms with E-state index in [9.17, 15) is 28.4 Å². The Balaban J connectivity index is 1.26. The highest BCUT2D eigenvalue weighted by Crippen LogP contribution is 2.40. The van der Waals surface area contributed by atoms with Crippen LogP contribution in [0.25, 0.3) is 10.9 Å². The Morgan fingerprint density at radius 3 is 2.49 bits per heavy atom. The Labute approximate surface area is 342 Å². The van der Waals surface area contributed by atoms with Gasteiger partial charge in [0.25, 0.3) is 5.91 Å². The van der Waals surface area contributed by atoms with Gasteiger partial charge in [0.15, 0.2) is 5.75 Å². The van der Waals surface area contributed by atoms with Crippen molar-refractivity contribution in [1.29, 1.82) is 0 Å². The maximum absolute atomic E-state index is 14.9. The van der Waals surface area contributed by atoms with Crippen LogP contribution in [-0.4, -0.2) is 100 Å². The van der Waals surface area contributed by atoms with Gasteiger partial charge >= 0.3 is 0 Å². The van der Waals surface area contributed by atoms with Crippen molar-refractivity contribution in [2.24, 2.45) is 5.92 Å². The third kappa shape index (κ3) is 9.23. The maximum Gasteiger partial charge on any atom is 0.256 e. The first-order valence-corrected chi connectivity index (χ1v) is 20.5. The minimum absolute atomic E-state index is 0.0146. The topological polar surface area (TPSA) is 176 Å². The molecule has 312 valence electrons. The molecule has 4 aromatic rings. The number of pyridine rings is 1. The number of amides is 5. The average molecular weight is 810 g/mol. The van der Waals surface area contributed by atoms with Crippen LogP contribution < -0.4 is 20.7 Å². The molecule has 2 aromatic carbocycles. The Kier molecular flexibility index (Phi) is 12.3. The predicted molar refractivity (Wildman–Crippen MR) is 216 cm³/mol. The van der Waals surface area contributed by atoms with Crippen LogP contribution in [0.2, 0.25) is 0 Å². The van der Waals surface area contributed by atoms with E-state index in [-0.39, 0.29) is 48.1 Å². The number of likely N-dealkylation sites (N-methyl/N-ethyl adjacent to an activating group) is 2. The first kappa shape index (κ1) is 41.3. The molecule has 0 bridgehead atoms. The lowest BCUT2D eigenvalue weighted by Crippen LogP contribution is -2.67. The van der Waals surface area contributed by atoms with Crippen LogP contribution in [0.15, 0.2) is 65.3 Å². The summed E-state index contributed by atoms with van der Waals surface area (Å²) >= 11 is 0. The molecule has 2 fully saturated rings. The molecule has 14 nitrogen and oxygen atoms in total. The Bertz CT molecular complexity index is 2200. The van der Waals surface area contributed by atoms with Gasteiger partial charge in [-0.1, -0.05) is 49.3 Å². The van der Waals surface area contributed by atoms with Crippen molar-refractivity contribution in [3.8, 4) is 5.75 Å². The normalized spacial score (nSPS) is 21.7. The van der Waals surface area contributed by atoms with Crippen molar-refractivity contribution >= 4 is 40.4 Å². The van der Waals surface area contributed by atoms with Gasteiger partial charge in [-0.15, -0.1) is 0 Å². The lowest BCUT2D eigenvalue weighted by atomic mass is 9.74.